The third-order valence-corrected chi connectivity index (χ3v) is 8.11. The van der Waals surface area contributed by atoms with Gasteiger partial charge in [-0.3, -0.25) is 0 Å². The van der Waals surface area contributed by atoms with Gasteiger partial charge in [-0.25, -0.2) is 24.3 Å². The van der Waals surface area contributed by atoms with Crippen LogP contribution in [0.25, 0.3) is 0 Å². The van der Waals surface area contributed by atoms with Crippen molar-refractivity contribution in [2.75, 3.05) is 0 Å². The van der Waals surface area contributed by atoms with E-state index in [0.717, 1.165) is 0 Å². The maximum absolute atomic E-state index is 2.30. The summed E-state index contributed by atoms with van der Waals surface area (Å²) < 4.78 is 0. The largest absolute Gasteiger partial charge is 1.00 e. The Morgan fingerprint density at radius 3 is 1.20 bits per heavy atom. The quantitative estimate of drug-likeness (QED) is 0.459. The summed E-state index contributed by atoms with van der Waals surface area (Å²) in [4.78, 5) is 0. The van der Waals surface area contributed by atoms with E-state index in [-0.39, 0.29) is 30.2 Å². The Kier molecular flexibility index (Phi) is 27.5. The van der Waals surface area contributed by atoms with E-state index in [9.17, 15) is 0 Å². The van der Waals surface area contributed by atoms with Gasteiger partial charge in [0.05, 0.1) is 0 Å². The maximum Gasteiger partial charge on any atom is -0.172 e. The van der Waals surface area contributed by atoms with E-state index >= 15 is 0 Å². The summed E-state index contributed by atoms with van der Waals surface area (Å²) in [5.74, 6) is 0. The van der Waals surface area contributed by atoms with Crippen molar-refractivity contribution in [3.05, 3.63) is 60.7 Å². The van der Waals surface area contributed by atoms with Crippen LogP contribution < -0.4 is 24.8 Å². The van der Waals surface area contributed by atoms with Gasteiger partial charge in [0, 0.05) is 0 Å². The molecule has 2 aromatic rings. The molecule has 0 bridgehead atoms. The fourth-order valence-corrected chi connectivity index (χ4v) is 6.51. The van der Waals surface area contributed by atoms with Crippen LogP contribution in [0.3, 0.4) is 0 Å². The van der Waals surface area contributed by atoms with Gasteiger partial charge in [-0.05, 0) is 0 Å². The summed E-state index contributed by atoms with van der Waals surface area (Å²) in [5.41, 5.74) is 0.199. The topological polar surface area (TPSA) is 0 Å². The Morgan fingerprint density at radius 2 is 1.05 bits per heavy atom. The normalized spacial score (nSPS) is 7.80. The van der Waals surface area contributed by atoms with Crippen molar-refractivity contribution in [3.63, 3.8) is 0 Å². The van der Waals surface area contributed by atoms with Gasteiger partial charge in [0.2, 0.25) is 0 Å². The molecule has 0 amide bonds. The van der Waals surface area contributed by atoms with E-state index < -0.39 is 0 Å². The van der Waals surface area contributed by atoms with Gasteiger partial charge in [-0.15, -0.1) is 0 Å². The van der Waals surface area contributed by atoms with Crippen molar-refractivity contribution in [2.24, 2.45) is 0 Å². The summed E-state index contributed by atoms with van der Waals surface area (Å²) in [7, 11) is 0. The standard InChI is InChI=1S/C6H14Si.2C5H5.2ClH.Zr/c1-3-5-7-6-4-2;2*1-2-4-5-3-1;;;/h3-6H2,1-2H3;2*1-5H;2*1H;/q;2*-1;;;+2/p-2. The molecule has 0 aliphatic rings. The molecule has 0 saturated carbocycles. The van der Waals surface area contributed by atoms with E-state index in [4.69, 9.17) is 0 Å². The van der Waals surface area contributed by atoms with E-state index in [2.05, 4.69) is 13.8 Å². The molecule has 0 unspecified atom stereocenters. The molecule has 2 aromatic carbocycles. The Labute approximate surface area is 152 Å². The third-order valence-electron chi connectivity index (χ3n) is 2.21. The zero-order valence-electron chi connectivity index (χ0n) is 12.4. The molecule has 0 N–H and O–H groups in total. The molecule has 0 radical (unpaired) electrons. The smallest absolute Gasteiger partial charge is 0.172 e. The van der Waals surface area contributed by atoms with Gasteiger partial charge in [0.15, 0.2) is 0 Å². The van der Waals surface area contributed by atoms with Crippen molar-refractivity contribution >= 4 is 5.43 Å². The molecule has 0 aliphatic heterocycles. The fraction of sp³-hybridized carbons (Fsp3) is 0.375. The summed E-state index contributed by atoms with van der Waals surface area (Å²) >= 11 is 1.84. The van der Waals surface area contributed by atoms with Crippen LogP contribution in [0.2, 0.25) is 12.1 Å². The van der Waals surface area contributed by atoms with E-state index in [0.29, 0.717) is 0 Å². The molecule has 0 fully saturated rings. The Bertz CT molecular complexity index is 276. The zero-order chi connectivity index (χ0) is 13.5. The second kappa shape index (κ2) is 21.7. The van der Waals surface area contributed by atoms with Crippen molar-refractivity contribution in [1.29, 1.82) is 0 Å². The van der Waals surface area contributed by atoms with Crippen LogP contribution in [0, 0.1) is 0 Å². The summed E-state index contributed by atoms with van der Waals surface area (Å²) in [5, 5.41) is 0. The molecule has 0 saturated heterocycles. The molecule has 0 aliphatic carbocycles. The van der Waals surface area contributed by atoms with Gasteiger partial charge in [-0.1, -0.05) is 0 Å². The maximum atomic E-state index is 2.30. The molecule has 2 rings (SSSR count). The molecule has 20 heavy (non-hydrogen) atoms. The minimum Gasteiger partial charge on any atom is -1.00 e. The van der Waals surface area contributed by atoms with Crippen LogP contribution >= 0.6 is 0 Å². The van der Waals surface area contributed by atoms with Crippen LogP contribution in [-0.4, -0.2) is 5.43 Å². The fourth-order valence-electron chi connectivity index (χ4n) is 1.37. The minimum absolute atomic E-state index is 0. The number of hydrogen-bond acceptors (Lipinski definition) is 0. The van der Waals surface area contributed by atoms with Gasteiger partial charge in [0.1, 0.15) is 0 Å². The molecule has 0 aromatic heterocycles. The first-order chi connectivity index (χ1) is 8.81. The summed E-state index contributed by atoms with van der Waals surface area (Å²) in [6, 6.07) is 23.1. The van der Waals surface area contributed by atoms with Gasteiger partial charge < -0.3 is 24.8 Å². The Hall–Kier alpha value is 0.380. The van der Waals surface area contributed by atoms with Crippen LogP contribution in [0.4, 0.5) is 0 Å². The SMILES string of the molecule is CCC[Si](=[Zr+2])CCC.[Cl-].[Cl-].c1cc[cH-]c1.c1cc[cH-]c1. The predicted molar refractivity (Wildman–Crippen MR) is 80.0 cm³/mol. The Balaban J connectivity index is -0.000000212. The number of hydrogen-bond donors (Lipinski definition) is 0. The average molecular weight is 407 g/mol. The van der Waals surface area contributed by atoms with Crippen molar-refractivity contribution in [3.8, 4) is 0 Å². The second-order valence-corrected chi connectivity index (χ2v) is 11.4. The monoisotopic (exact) mass is 404 g/mol. The second-order valence-electron chi connectivity index (χ2n) is 4.03. The molecular weight excluding hydrogens is 382 g/mol. The molecule has 0 spiro atoms. The van der Waals surface area contributed by atoms with Gasteiger partial charge in [-0.2, -0.15) is 36.4 Å². The van der Waals surface area contributed by atoms with E-state index in [1.165, 1.54) is 12.8 Å². The predicted octanol–water partition coefficient (Wildman–Crippen LogP) is -0.836. The van der Waals surface area contributed by atoms with E-state index in [1.807, 2.05) is 84.0 Å². The van der Waals surface area contributed by atoms with Crippen LogP contribution in [-0.2, 0) is 23.3 Å². The summed E-state index contributed by atoms with van der Waals surface area (Å²) in [6.45, 7) is 4.59. The third kappa shape index (κ3) is 20.7. The molecule has 112 valence electrons. The molecule has 0 nitrogen and oxygen atoms in total. The molecule has 0 heterocycles. The average Bonchev–Trinajstić information content (AvgIpc) is 3.09. The molecule has 0 atom stereocenters. The number of rotatable bonds is 4. The van der Waals surface area contributed by atoms with Crippen molar-refractivity contribution < 1.29 is 48.1 Å². The van der Waals surface area contributed by atoms with E-state index in [1.54, 1.807) is 12.1 Å². The first-order valence-corrected chi connectivity index (χ1v) is 12.3. The summed E-state index contributed by atoms with van der Waals surface area (Å²) in [6.07, 6.45) is 2.83. The van der Waals surface area contributed by atoms with Crippen molar-refractivity contribution in [2.45, 2.75) is 38.8 Å². The van der Waals surface area contributed by atoms with Crippen LogP contribution in [0.15, 0.2) is 60.7 Å². The minimum atomic E-state index is 0. The first-order valence-electron chi connectivity index (χ1n) is 6.70. The van der Waals surface area contributed by atoms with Crippen molar-refractivity contribution in [1.82, 2.24) is 0 Å². The first kappa shape index (κ1) is 25.3. The zero-order valence-corrected chi connectivity index (χ0v) is 17.3. The Morgan fingerprint density at radius 1 is 0.750 bits per heavy atom. The van der Waals surface area contributed by atoms with Crippen LogP contribution in [0.5, 0.6) is 0 Å². The van der Waals surface area contributed by atoms with Crippen LogP contribution in [0.1, 0.15) is 26.7 Å². The molecular formula is C16H24Cl2SiZr-2. The van der Waals surface area contributed by atoms with Gasteiger partial charge >= 0.3 is 67.5 Å². The number of halogens is 2. The van der Waals surface area contributed by atoms with Gasteiger partial charge in [0.25, 0.3) is 0 Å². The molecule has 4 heteroatoms.